The van der Waals surface area contributed by atoms with Crippen LogP contribution in [0.2, 0.25) is 0 Å². The minimum Gasteiger partial charge on any atom is -0.394 e. The summed E-state index contributed by atoms with van der Waals surface area (Å²) >= 11 is 1.21. The van der Waals surface area contributed by atoms with Gasteiger partial charge in [-0.3, -0.25) is 0 Å². The fourth-order valence-corrected chi connectivity index (χ4v) is 2.17. The van der Waals surface area contributed by atoms with Gasteiger partial charge in [-0.2, -0.15) is 0 Å². The highest BCUT2D eigenvalue weighted by Crippen LogP contribution is 2.34. The molecular weight excluding hydrogens is 206 g/mol. The average molecular weight is 217 g/mol. The van der Waals surface area contributed by atoms with Crippen molar-refractivity contribution in [2.45, 2.75) is 24.4 Å². The topological polar surface area (TPSA) is 82.8 Å². The molecule has 78 valence electrons. The summed E-state index contributed by atoms with van der Waals surface area (Å²) in [6.07, 6.45) is -1.71. The maximum atomic E-state index is 9.62. The minimum atomic E-state index is -1.04. The lowest BCUT2D eigenvalue weighted by molar-refractivity contribution is -0.0217. The first-order valence-electron chi connectivity index (χ1n) is 4.27. The van der Waals surface area contributed by atoms with Gasteiger partial charge >= 0.3 is 0 Å². The number of nitrogens with zero attached hydrogens (tertiary/aromatic N) is 1. The molecule has 0 aliphatic carbocycles. The summed E-state index contributed by atoms with van der Waals surface area (Å²) < 4.78 is 9.18. The Kier molecular flexibility index (Phi) is 2.80. The van der Waals surface area contributed by atoms with Crippen LogP contribution in [0.4, 0.5) is 0 Å². The first-order valence-corrected chi connectivity index (χ1v) is 5.04. The molecule has 3 N–H and O–H groups in total. The molecule has 2 heterocycles. The van der Waals surface area contributed by atoms with Crippen LogP contribution >= 0.6 is 11.5 Å². The lowest BCUT2D eigenvalue weighted by Gasteiger charge is -2.11. The normalized spacial score (nSPS) is 37.6. The number of aromatic nitrogens is 1. The predicted molar refractivity (Wildman–Crippen MR) is 48.8 cm³/mol. The van der Waals surface area contributed by atoms with Crippen LogP contribution < -0.4 is 0 Å². The van der Waals surface area contributed by atoms with E-state index in [0.29, 0.717) is 0 Å². The first kappa shape index (κ1) is 10.0. The van der Waals surface area contributed by atoms with E-state index in [-0.39, 0.29) is 6.61 Å². The Morgan fingerprint density at radius 2 is 2.21 bits per heavy atom. The minimum absolute atomic E-state index is 0.298. The molecule has 2 rings (SSSR count). The second-order valence-corrected chi connectivity index (χ2v) is 4.04. The third-order valence-corrected chi connectivity index (χ3v) is 3.09. The number of aliphatic hydroxyl groups is 3. The Labute approximate surface area is 84.7 Å². The largest absolute Gasteiger partial charge is 0.394 e. The standard InChI is InChI=1S/C8H11NO4S/c10-3-4-6(11)7(12)8(13-4)5-1-2-9-14-5/h1-2,4,6-8,10-12H,3H2/t4-,6-,7-,8+/m1/s1. The molecule has 1 aromatic rings. The highest BCUT2D eigenvalue weighted by Gasteiger charge is 2.43. The van der Waals surface area contributed by atoms with Gasteiger partial charge in [-0.1, -0.05) is 0 Å². The van der Waals surface area contributed by atoms with Gasteiger partial charge in [0.05, 0.1) is 11.5 Å². The zero-order valence-electron chi connectivity index (χ0n) is 7.28. The Morgan fingerprint density at radius 1 is 1.43 bits per heavy atom. The van der Waals surface area contributed by atoms with Crippen molar-refractivity contribution in [3.8, 4) is 0 Å². The van der Waals surface area contributed by atoms with Gasteiger partial charge in [0.1, 0.15) is 24.4 Å². The number of aliphatic hydroxyl groups excluding tert-OH is 3. The molecule has 0 radical (unpaired) electrons. The summed E-state index contributed by atoms with van der Waals surface area (Å²) in [6.45, 7) is -0.298. The molecular formula is C8H11NO4S. The molecule has 1 aliphatic heterocycles. The van der Waals surface area contributed by atoms with E-state index in [4.69, 9.17) is 9.84 Å². The molecule has 0 bridgehead atoms. The van der Waals surface area contributed by atoms with E-state index in [1.165, 1.54) is 11.5 Å². The summed E-state index contributed by atoms with van der Waals surface area (Å²) in [5.41, 5.74) is 0. The second kappa shape index (κ2) is 3.92. The van der Waals surface area contributed by atoms with Crippen molar-refractivity contribution in [2.75, 3.05) is 6.61 Å². The molecule has 1 fully saturated rings. The van der Waals surface area contributed by atoms with E-state index in [1.807, 2.05) is 0 Å². The SMILES string of the molecule is OC[C@H]1O[C@@H](c2ccns2)[C@H](O)[C@@H]1O. The van der Waals surface area contributed by atoms with Gasteiger partial charge in [-0.15, -0.1) is 0 Å². The van der Waals surface area contributed by atoms with Crippen molar-refractivity contribution in [3.63, 3.8) is 0 Å². The zero-order valence-corrected chi connectivity index (χ0v) is 8.09. The van der Waals surface area contributed by atoms with Crippen molar-refractivity contribution in [3.05, 3.63) is 17.1 Å². The Balaban J connectivity index is 2.16. The first-order chi connectivity index (χ1) is 6.74. The molecule has 6 heteroatoms. The summed E-state index contributed by atoms with van der Waals surface area (Å²) in [7, 11) is 0. The van der Waals surface area contributed by atoms with E-state index in [9.17, 15) is 10.2 Å². The lowest BCUT2D eigenvalue weighted by Crippen LogP contribution is -2.32. The zero-order chi connectivity index (χ0) is 10.1. The van der Waals surface area contributed by atoms with Crippen molar-refractivity contribution in [2.24, 2.45) is 0 Å². The van der Waals surface area contributed by atoms with Crippen LogP contribution in [0.25, 0.3) is 0 Å². The molecule has 1 aliphatic rings. The number of ether oxygens (including phenoxy) is 1. The van der Waals surface area contributed by atoms with Gasteiger partial charge in [-0.25, -0.2) is 4.37 Å². The van der Waals surface area contributed by atoms with E-state index in [2.05, 4.69) is 4.37 Å². The van der Waals surface area contributed by atoms with Crippen LogP contribution in [-0.4, -0.2) is 44.6 Å². The predicted octanol–water partition coefficient (Wildman–Crippen LogP) is -0.703. The van der Waals surface area contributed by atoms with Gasteiger partial charge in [0.25, 0.3) is 0 Å². The quantitative estimate of drug-likeness (QED) is 0.610. The van der Waals surface area contributed by atoms with Gasteiger partial charge in [-0.05, 0) is 17.6 Å². The smallest absolute Gasteiger partial charge is 0.122 e. The molecule has 0 saturated carbocycles. The number of hydrogen-bond donors (Lipinski definition) is 3. The highest BCUT2D eigenvalue weighted by molar-refractivity contribution is 7.05. The third kappa shape index (κ3) is 1.55. The molecule has 14 heavy (non-hydrogen) atoms. The fraction of sp³-hybridized carbons (Fsp3) is 0.625. The molecule has 0 spiro atoms. The molecule has 0 amide bonds. The van der Waals surface area contributed by atoms with Gasteiger partial charge < -0.3 is 20.1 Å². The van der Waals surface area contributed by atoms with Crippen LogP contribution in [0.15, 0.2) is 12.3 Å². The van der Waals surface area contributed by atoms with E-state index >= 15 is 0 Å². The van der Waals surface area contributed by atoms with Crippen molar-refractivity contribution in [1.82, 2.24) is 4.37 Å². The van der Waals surface area contributed by atoms with Crippen LogP contribution in [0.1, 0.15) is 11.0 Å². The summed E-state index contributed by atoms with van der Waals surface area (Å²) in [6, 6.07) is 1.73. The monoisotopic (exact) mass is 217 g/mol. The van der Waals surface area contributed by atoms with Crippen LogP contribution in [-0.2, 0) is 4.74 Å². The summed E-state index contributed by atoms with van der Waals surface area (Å²) in [5.74, 6) is 0. The molecule has 4 atom stereocenters. The second-order valence-electron chi connectivity index (χ2n) is 3.17. The summed E-state index contributed by atoms with van der Waals surface area (Å²) in [4.78, 5) is 0.757. The molecule has 1 aromatic heterocycles. The fourth-order valence-electron chi connectivity index (χ4n) is 1.51. The Morgan fingerprint density at radius 3 is 2.71 bits per heavy atom. The average Bonchev–Trinajstić information content (AvgIpc) is 2.78. The number of hydrogen-bond acceptors (Lipinski definition) is 6. The molecule has 1 saturated heterocycles. The Hall–Kier alpha value is -0.530. The van der Waals surface area contributed by atoms with Crippen LogP contribution in [0.3, 0.4) is 0 Å². The highest BCUT2D eigenvalue weighted by atomic mass is 32.1. The maximum absolute atomic E-state index is 9.62. The van der Waals surface area contributed by atoms with Gasteiger partial charge in [0.2, 0.25) is 0 Å². The lowest BCUT2D eigenvalue weighted by atomic mass is 10.1. The summed E-state index contributed by atoms with van der Waals surface area (Å²) in [5, 5.41) is 28.0. The molecule has 0 unspecified atom stereocenters. The Bertz CT molecular complexity index is 292. The van der Waals surface area contributed by atoms with Crippen molar-refractivity contribution >= 4 is 11.5 Å². The van der Waals surface area contributed by atoms with E-state index < -0.39 is 24.4 Å². The number of rotatable bonds is 2. The van der Waals surface area contributed by atoms with E-state index in [0.717, 1.165) is 4.88 Å². The van der Waals surface area contributed by atoms with Gasteiger partial charge in [0, 0.05) is 6.20 Å². The van der Waals surface area contributed by atoms with Gasteiger partial charge in [0.15, 0.2) is 0 Å². The van der Waals surface area contributed by atoms with Crippen LogP contribution in [0.5, 0.6) is 0 Å². The van der Waals surface area contributed by atoms with Crippen molar-refractivity contribution < 1.29 is 20.1 Å². The molecule has 5 nitrogen and oxygen atoms in total. The van der Waals surface area contributed by atoms with Crippen molar-refractivity contribution in [1.29, 1.82) is 0 Å². The molecule has 0 aromatic carbocycles. The third-order valence-electron chi connectivity index (χ3n) is 2.28. The van der Waals surface area contributed by atoms with E-state index in [1.54, 1.807) is 12.3 Å². The van der Waals surface area contributed by atoms with Crippen LogP contribution in [0, 0.1) is 0 Å². The maximum Gasteiger partial charge on any atom is 0.122 e.